The number of benzene rings is 1. The van der Waals surface area contributed by atoms with E-state index >= 15 is 0 Å². The first-order chi connectivity index (χ1) is 10.9. The number of aromatic nitrogens is 3. The monoisotopic (exact) mass is 315 g/mol. The molecule has 0 aliphatic heterocycles. The summed E-state index contributed by atoms with van der Waals surface area (Å²) in [5.74, 6) is 1.11. The van der Waals surface area contributed by atoms with Crippen molar-refractivity contribution in [1.82, 2.24) is 15.0 Å². The zero-order valence-corrected chi connectivity index (χ0v) is 13.7. The van der Waals surface area contributed by atoms with Crippen LogP contribution in [0.25, 0.3) is 0 Å². The van der Waals surface area contributed by atoms with Crippen LogP contribution in [0, 0.1) is 0 Å². The Balaban J connectivity index is 2.14. The maximum absolute atomic E-state index is 10.8. The molecule has 0 spiro atoms. The number of nitrogens with one attached hydrogen (secondary N) is 1. The van der Waals surface area contributed by atoms with Crippen LogP contribution in [-0.4, -0.2) is 40.1 Å². The van der Waals surface area contributed by atoms with E-state index in [4.69, 9.17) is 5.11 Å². The molecular weight excluding hydrogens is 294 g/mol. The Bertz CT molecular complexity index is 657. The molecule has 1 aromatic carbocycles. The van der Waals surface area contributed by atoms with Crippen LogP contribution in [0.15, 0.2) is 24.3 Å². The van der Waals surface area contributed by atoms with E-state index in [1.54, 1.807) is 24.3 Å². The minimum Gasteiger partial charge on any atom is -0.478 e. The summed E-state index contributed by atoms with van der Waals surface area (Å²) in [6, 6.07) is 6.71. The lowest BCUT2D eigenvalue weighted by Gasteiger charge is -2.14. The molecule has 0 saturated carbocycles. The molecule has 0 saturated heterocycles. The first-order valence-electron chi connectivity index (χ1n) is 7.36. The van der Waals surface area contributed by atoms with Crippen molar-refractivity contribution in [2.75, 3.05) is 24.3 Å². The summed E-state index contributed by atoms with van der Waals surface area (Å²) >= 11 is 0. The highest BCUT2D eigenvalue weighted by molar-refractivity contribution is 5.87. The number of hydrogen-bond acceptors (Lipinski definition) is 6. The number of nitrogens with zero attached hydrogens (tertiary/aromatic N) is 4. The molecule has 0 amide bonds. The van der Waals surface area contributed by atoms with Crippen molar-refractivity contribution in [2.24, 2.45) is 0 Å². The Morgan fingerprint density at radius 3 is 2.35 bits per heavy atom. The van der Waals surface area contributed by atoms with Gasteiger partial charge in [0.05, 0.1) is 5.56 Å². The molecule has 0 unspecified atom stereocenters. The largest absolute Gasteiger partial charge is 0.478 e. The van der Waals surface area contributed by atoms with Gasteiger partial charge in [0.1, 0.15) is 5.82 Å². The second-order valence-corrected chi connectivity index (χ2v) is 5.72. The summed E-state index contributed by atoms with van der Waals surface area (Å²) < 4.78 is 0. The minimum atomic E-state index is -0.931. The van der Waals surface area contributed by atoms with Crippen LogP contribution < -0.4 is 10.2 Å². The molecule has 2 aromatic rings. The van der Waals surface area contributed by atoms with Crippen molar-refractivity contribution < 1.29 is 9.90 Å². The Kier molecular flexibility index (Phi) is 5.10. The van der Waals surface area contributed by atoms with Crippen LogP contribution in [0.3, 0.4) is 0 Å². The van der Waals surface area contributed by atoms with Gasteiger partial charge in [-0.3, -0.25) is 0 Å². The Hall–Kier alpha value is -2.70. The summed E-state index contributed by atoms with van der Waals surface area (Å²) in [6.45, 7) is 4.57. The summed E-state index contributed by atoms with van der Waals surface area (Å²) in [5, 5.41) is 12.1. The number of carboxylic acid groups (broad SMARTS) is 1. The van der Waals surface area contributed by atoms with Gasteiger partial charge in [-0.1, -0.05) is 26.0 Å². The highest BCUT2D eigenvalue weighted by Crippen LogP contribution is 2.15. The summed E-state index contributed by atoms with van der Waals surface area (Å²) in [4.78, 5) is 25.9. The van der Waals surface area contributed by atoms with Gasteiger partial charge in [-0.15, -0.1) is 0 Å². The zero-order valence-electron chi connectivity index (χ0n) is 13.7. The smallest absolute Gasteiger partial charge is 0.335 e. The van der Waals surface area contributed by atoms with Crippen molar-refractivity contribution in [3.8, 4) is 0 Å². The summed E-state index contributed by atoms with van der Waals surface area (Å²) in [5.41, 5.74) is 1.22. The number of anilines is 2. The average molecular weight is 315 g/mol. The molecule has 23 heavy (non-hydrogen) atoms. The molecule has 7 nitrogen and oxygen atoms in total. The minimum absolute atomic E-state index is 0.201. The van der Waals surface area contributed by atoms with Crippen molar-refractivity contribution in [3.63, 3.8) is 0 Å². The number of carbonyl (C=O) groups is 1. The molecule has 0 fully saturated rings. The third-order valence-electron chi connectivity index (χ3n) is 3.21. The van der Waals surface area contributed by atoms with Crippen molar-refractivity contribution in [2.45, 2.75) is 26.3 Å². The summed E-state index contributed by atoms with van der Waals surface area (Å²) in [7, 11) is 3.77. The van der Waals surface area contributed by atoms with Gasteiger partial charge in [-0.05, 0) is 17.7 Å². The van der Waals surface area contributed by atoms with Gasteiger partial charge < -0.3 is 15.3 Å². The van der Waals surface area contributed by atoms with Gasteiger partial charge in [0.2, 0.25) is 11.9 Å². The van der Waals surface area contributed by atoms with Crippen LogP contribution in [0.5, 0.6) is 0 Å². The first kappa shape index (κ1) is 16.7. The third kappa shape index (κ3) is 4.38. The summed E-state index contributed by atoms with van der Waals surface area (Å²) in [6.07, 6.45) is 0. The first-order valence-corrected chi connectivity index (χ1v) is 7.36. The Morgan fingerprint density at radius 1 is 1.17 bits per heavy atom. The van der Waals surface area contributed by atoms with Gasteiger partial charge in [0, 0.05) is 26.6 Å². The Morgan fingerprint density at radius 2 is 1.83 bits per heavy atom. The lowest BCUT2D eigenvalue weighted by molar-refractivity contribution is 0.0697. The number of aromatic carboxylic acids is 1. The number of carboxylic acids is 1. The molecule has 7 heteroatoms. The van der Waals surface area contributed by atoms with Crippen molar-refractivity contribution in [1.29, 1.82) is 0 Å². The fraction of sp³-hybridized carbons (Fsp3) is 0.375. The van der Waals surface area contributed by atoms with Crippen LogP contribution in [-0.2, 0) is 6.54 Å². The lowest BCUT2D eigenvalue weighted by atomic mass is 10.1. The molecule has 0 bridgehead atoms. The van der Waals surface area contributed by atoms with Crippen molar-refractivity contribution in [3.05, 3.63) is 41.2 Å². The normalized spacial score (nSPS) is 10.7. The molecule has 0 atom stereocenters. The topological polar surface area (TPSA) is 91.2 Å². The van der Waals surface area contributed by atoms with E-state index in [2.05, 4.69) is 20.3 Å². The van der Waals surface area contributed by atoms with Gasteiger partial charge in [0.15, 0.2) is 0 Å². The second kappa shape index (κ2) is 7.04. The van der Waals surface area contributed by atoms with Crippen molar-refractivity contribution >= 4 is 17.9 Å². The zero-order chi connectivity index (χ0) is 17.0. The van der Waals surface area contributed by atoms with E-state index in [0.29, 0.717) is 18.4 Å². The molecular formula is C16H21N5O2. The van der Waals surface area contributed by atoms with E-state index in [0.717, 1.165) is 11.4 Å². The maximum Gasteiger partial charge on any atom is 0.335 e. The van der Waals surface area contributed by atoms with E-state index < -0.39 is 5.97 Å². The maximum atomic E-state index is 10.8. The highest BCUT2D eigenvalue weighted by atomic mass is 16.4. The van der Waals surface area contributed by atoms with E-state index in [1.807, 2.05) is 32.8 Å². The number of rotatable bonds is 6. The van der Waals surface area contributed by atoms with Crippen LogP contribution >= 0.6 is 0 Å². The Labute approximate surface area is 135 Å². The van der Waals surface area contributed by atoms with E-state index in [-0.39, 0.29) is 11.5 Å². The fourth-order valence-electron chi connectivity index (χ4n) is 1.86. The average Bonchev–Trinajstić information content (AvgIpc) is 2.52. The molecule has 1 heterocycles. The number of hydrogen-bond donors (Lipinski definition) is 2. The molecule has 0 radical (unpaired) electrons. The van der Waals surface area contributed by atoms with Crippen LogP contribution in [0.2, 0.25) is 0 Å². The highest BCUT2D eigenvalue weighted by Gasteiger charge is 2.11. The van der Waals surface area contributed by atoms with Gasteiger partial charge in [-0.2, -0.15) is 15.0 Å². The molecule has 1 aromatic heterocycles. The van der Waals surface area contributed by atoms with E-state index in [1.165, 1.54) is 0 Å². The molecule has 0 aliphatic carbocycles. The van der Waals surface area contributed by atoms with Crippen LogP contribution in [0.4, 0.5) is 11.9 Å². The van der Waals surface area contributed by atoms with Gasteiger partial charge >= 0.3 is 5.97 Å². The van der Waals surface area contributed by atoms with E-state index in [9.17, 15) is 4.79 Å². The fourth-order valence-corrected chi connectivity index (χ4v) is 1.86. The lowest BCUT2D eigenvalue weighted by Crippen LogP contribution is -2.17. The van der Waals surface area contributed by atoms with Gasteiger partial charge in [0.25, 0.3) is 0 Å². The predicted octanol–water partition coefficient (Wildman–Crippen LogP) is 2.37. The van der Waals surface area contributed by atoms with Gasteiger partial charge in [-0.25, -0.2) is 4.79 Å². The molecule has 122 valence electrons. The molecule has 2 rings (SSSR count). The third-order valence-corrected chi connectivity index (χ3v) is 3.21. The van der Waals surface area contributed by atoms with Crippen LogP contribution in [0.1, 0.15) is 41.5 Å². The molecule has 2 N–H and O–H groups in total. The SMILES string of the molecule is CC(C)c1nc(NCc2ccc(C(=O)O)cc2)nc(N(C)C)n1. The standard InChI is InChI=1S/C16H21N5O2/c1-10(2)13-18-15(20-16(19-13)21(3)4)17-9-11-5-7-12(8-6-11)14(22)23/h5-8,10H,9H2,1-4H3,(H,22,23)(H,17,18,19,20). The molecule has 0 aliphatic rings. The second-order valence-electron chi connectivity index (χ2n) is 5.72. The quantitative estimate of drug-likeness (QED) is 0.845. The predicted molar refractivity (Wildman–Crippen MR) is 89.0 cm³/mol.